The summed E-state index contributed by atoms with van der Waals surface area (Å²) < 4.78 is 16.9. The summed E-state index contributed by atoms with van der Waals surface area (Å²) in [4.78, 5) is 26.0. The van der Waals surface area contributed by atoms with Gasteiger partial charge in [-0.05, 0) is 60.4 Å². The van der Waals surface area contributed by atoms with Crippen molar-refractivity contribution in [1.82, 2.24) is 0 Å². The minimum atomic E-state index is -0.484. The van der Waals surface area contributed by atoms with Crippen LogP contribution in [-0.4, -0.2) is 13.1 Å². The smallest absolute Gasteiger partial charge is 0.311 e. The Morgan fingerprint density at radius 3 is 2.38 bits per heavy atom. The molecular formula is C27H24O5. The minimum Gasteiger partial charge on any atom is -0.497 e. The molecule has 0 saturated carbocycles. The Kier molecular flexibility index (Phi) is 6.36. The highest BCUT2D eigenvalue weighted by atomic mass is 16.5. The SMILES string of the molecule is CCc1ccc2oc(-c3ccc(OC)cc3)c(OC(=O)CCc3ccccc3)c(=O)c2c1. The maximum absolute atomic E-state index is 13.4. The summed E-state index contributed by atoms with van der Waals surface area (Å²) in [5, 5.41) is 0.396. The number of carbonyl (C=O) groups excluding carboxylic acids is 1. The highest BCUT2D eigenvalue weighted by Crippen LogP contribution is 2.32. The predicted molar refractivity (Wildman–Crippen MR) is 124 cm³/mol. The fourth-order valence-electron chi connectivity index (χ4n) is 3.53. The fraction of sp³-hybridized carbons (Fsp3) is 0.185. The van der Waals surface area contributed by atoms with E-state index in [1.54, 1.807) is 43.5 Å². The molecule has 0 N–H and O–H groups in total. The lowest BCUT2D eigenvalue weighted by Crippen LogP contribution is -2.16. The van der Waals surface area contributed by atoms with Crippen LogP contribution >= 0.6 is 0 Å². The lowest BCUT2D eigenvalue weighted by atomic mass is 10.1. The van der Waals surface area contributed by atoms with E-state index in [2.05, 4.69) is 0 Å². The number of hydrogen-bond acceptors (Lipinski definition) is 5. The van der Waals surface area contributed by atoms with Crippen molar-refractivity contribution in [3.8, 4) is 22.8 Å². The predicted octanol–water partition coefficient (Wildman–Crippen LogP) is 5.57. The Labute approximate surface area is 186 Å². The quantitative estimate of drug-likeness (QED) is 0.360. The van der Waals surface area contributed by atoms with Crippen LogP contribution in [-0.2, 0) is 17.6 Å². The van der Waals surface area contributed by atoms with Gasteiger partial charge in [0.05, 0.1) is 12.5 Å². The molecule has 5 nitrogen and oxygen atoms in total. The van der Waals surface area contributed by atoms with Gasteiger partial charge in [0, 0.05) is 12.0 Å². The van der Waals surface area contributed by atoms with Crippen molar-refractivity contribution in [1.29, 1.82) is 0 Å². The molecule has 0 aliphatic rings. The summed E-state index contributed by atoms with van der Waals surface area (Å²) in [6, 6.07) is 22.2. The third-order valence-corrected chi connectivity index (χ3v) is 5.35. The topological polar surface area (TPSA) is 65.7 Å². The molecule has 0 fully saturated rings. The van der Waals surface area contributed by atoms with Crippen molar-refractivity contribution in [2.75, 3.05) is 7.11 Å². The number of esters is 1. The lowest BCUT2D eigenvalue weighted by molar-refractivity contribution is -0.134. The average Bonchev–Trinajstić information content (AvgIpc) is 2.85. The van der Waals surface area contributed by atoms with E-state index in [4.69, 9.17) is 13.9 Å². The molecule has 4 aromatic rings. The molecule has 32 heavy (non-hydrogen) atoms. The maximum atomic E-state index is 13.4. The van der Waals surface area contributed by atoms with Crippen LogP contribution in [0.3, 0.4) is 0 Å². The Balaban J connectivity index is 1.74. The van der Waals surface area contributed by atoms with Crippen LogP contribution in [0.2, 0.25) is 0 Å². The van der Waals surface area contributed by atoms with E-state index in [1.807, 2.05) is 43.3 Å². The average molecular weight is 428 g/mol. The van der Waals surface area contributed by atoms with Crippen molar-refractivity contribution < 1.29 is 18.7 Å². The number of carbonyl (C=O) groups is 1. The number of methoxy groups -OCH3 is 1. The number of ether oxygens (including phenoxy) is 2. The molecule has 0 aliphatic carbocycles. The van der Waals surface area contributed by atoms with E-state index in [-0.39, 0.29) is 23.4 Å². The second kappa shape index (κ2) is 9.52. The van der Waals surface area contributed by atoms with Crippen molar-refractivity contribution in [2.24, 2.45) is 0 Å². The maximum Gasteiger partial charge on any atom is 0.311 e. The van der Waals surface area contributed by atoms with Crippen LogP contribution < -0.4 is 14.9 Å². The number of benzene rings is 3. The molecule has 0 atom stereocenters. The van der Waals surface area contributed by atoms with Crippen molar-refractivity contribution in [2.45, 2.75) is 26.2 Å². The van der Waals surface area contributed by atoms with Gasteiger partial charge in [-0.1, -0.05) is 43.3 Å². The molecule has 0 bridgehead atoms. The van der Waals surface area contributed by atoms with Crippen LogP contribution in [0.4, 0.5) is 0 Å². The standard InChI is InChI=1S/C27H24O5/c1-3-18-9-15-23-22(17-18)25(29)27(26(31-23)20-11-13-21(30-2)14-12-20)32-24(28)16-10-19-7-5-4-6-8-19/h4-9,11-15,17H,3,10,16H2,1-2H3. The molecule has 4 rings (SSSR count). The highest BCUT2D eigenvalue weighted by molar-refractivity contribution is 5.85. The zero-order valence-corrected chi connectivity index (χ0v) is 18.1. The first kappa shape index (κ1) is 21.4. The summed E-state index contributed by atoms with van der Waals surface area (Å²) in [6.07, 6.45) is 1.46. The molecule has 3 aromatic carbocycles. The van der Waals surface area contributed by atoms with Gasteiger partial charge < -0.3 is 13.9 Å². The lowest BCUT2D eigenvalue weighted by Gasteiger charge is -2.12. The largest absolute Gasteiger partial charge is 0.497 e. The van der Waals surface area contributed by atoms with Gasteiger partial charge in [0.2, 0.25) is 11.2 Å². The fourth-order valence-corrected chi connectivity index (χ4v) is 3.53. The molecule has 0 spiro atoms. The summed E-state index contributed by atoms with van der Waals surface area (Å²) in [5.74, 6) is 0.323. The molecule has 1 heterocycles. The van der Waals surface area contributed by atoms with Crippen molar-refractivity contribution in [3.63, 3.8) is 0 Å². The Bertz CT molecular complexity index is 1290. The van der Waals surface area contributed by atoms with E-state index >= 15 is 0 Å². The molecule has 0 saturated heterocycles. The Morgan fingerprint density at radius 1 is 0.938 bits per heavy atom. The second-order valence-electron chi connectivity index (χ2n) is 7.46. The van der Waals surface area contributed by atoms with Gasteiger partial charge in [0.25, 0.3) is 0 Å². The van der Waals surface area contributed by atoms with Gasteiger partial charge in [-0.3, -0.25) is 9.59 Å². The van der Waals surface area contributed by atoms with Gasteiger partial charge >= 0.3 is 5.97 Å². The molecule has 162 valence electrons. The van der Waals surface area contributed by atoms with Crippen LogP contribution in [0.5, 0.6) is 11.5 Å². The monoisotopic (exact) mass is 428 g/mol. The molecule has 5 heteroatoms. The van der Waals surface area contributed by atoms with Crippen LogP contribution in [0.1, 0.15) is 24.5 Å². The van der Waals surface area contributed by atoms with Gasteiger partial charge in [-0.2, -0.15) is 0 Å². The van der Waals surface area contributed by atoms with E-state index in [1.165, 1.54) is 0 Å². The van der Waals surface area contributed by atoms with E-state index in [0.29, 0.717) is 28.7 Å². The van der Waals surface area contributed by atoms with Crippen LogP contribution in [0.15, 0.2) is 82.0 Å². The zero-order chi connectivity index (χ0) is 22.5. The summed E-state index contributed by atoms with van der Waals surface area (Å²) >= 11 is 0. The number of rotatable bonds is 7. The molecule has 0 unspecified atom stereocenters. The second-order valence-corrected chi connectivity index (χ2v) is 7.46. The summed E-state index contributed by atoms with van der Waals surface area (Å²) in [5.41, 5.74) is 2.74. The van der Waals surface area contributed by atoms with Crippen molar-refractivity contribution >= 4 is 16.9 Å². The van der Waals surface area contributed by atoms with Gasteiger partial charge in [0.15, 0.2) is 5.76 Å². The number of aryl methyl sites for hydroxylation is 2. The van der Waals surface area contributed by atoms with E-state index in [0.717, 1.165) is 17.5 Å². The van der Waals surface area contributed by atoms with Gasteiger partial charge in [0.1, 0.15) is 11.3 Å². The van der Waals surface area contributed by atoms with Crippen LogP contribution in [0, 0.1) is 0 Å². The van der Waals surface area contributed by atoms with E-state index in [9.17, 15) is 9.59 Å². The first-order valence-corrected chi connectivity index (χ1v) is 10.6. The first-order valence-electron chi connectivity index (χ1n) is 10.6. The summed E-state index contributed by atoms with van der Waals surface area (Å²) in [6.45, 7) is 2.01. The highest BCUT2D eigenvalue weighted by Gasteiger charge is 2.21. The van der Waals surface area contributed by atoms with Gasteiger partial charge in [-0.15, -0.1) is 0 Å². The number of fused-ring (bicyclic) bond motifs is 1. The zero-order valence-electron chi connectivity index (χ0n) is 18.1. The normalized spacial score (nSPS) is 10.8. The number of hydrogen-bond donors (Lipinski definition) is 0. The molecule has 1 aromatic heterocycles. The summed E-state index contributed by atoms with van der Waals surface area (Å²) in [7, 11) is 1.58. The minimum absolute atomic E-state index is 0.0889. The molecule has 0 radical (unpaired) electrons. The third-order valence-electron chi connectivity index (χ3n) is 5.35. The van der Waals surface area contributed by atoms with Crippen molar-refractivity contribution in [3.05, 3.63) is 94.1 Å². The first-order chi connectivity index (χ1) is 15.6. The third kappa shape index (κ3) is 4.57. The van der Waals surface area contributed by atoms with E-state index < -0.39 is 5.97 Å². The van der Waals surface area contributed by atoms with Gasteiger partial charge in [-0.25, -0.2) is 0 Å². The Morgan fingerprint density at radius 2 is 1.69 bits per heavy atom. The molecule has 0 amide bonds. The molecular weight excluding hydrogens is 404 g/mol. The Hall–Kier alpha value is -3.86. The van der Waals surface area contributed by atoms with Crippen LogP contribution in [0.25, 0.3) is 22.3 Å². The molecule has 0 aliphatic heterocycles.